The fourth-order valence-electron chi connectivity index (χ4n) is 2.17. The summed E-state index contributed by atoms with van der Waals surface area (Å²) >= 11 is 0. The molecule has 2 heteroatoms. The topological polar surface area (TPSA) is 29.5 Å². The molecule has 1 aromatic heterocycles. The van der Waals surface area contributed by atoms with E-state index in [1.165, 1.54) is 37.9 Å². The molecular weight excluding hydrogens is 172 g/mol. The Bertz CT molecular complexity index is 250. The van der Waals surface area contributed by atoms with Crippen molar-refractivity contribution in [2.75, 3.05) is 6.54 Å². The van der Waals surface area contributed by atoms with Gasteiger partial charge in [-0.3, -0.25) is 4.98 Å². The molecule has 1 aliphatic rings. The molecule has 1 atom stereocenters. The maximum Gasteiger partial charge on any atom is 0.0915 e. The van der Waals surface area contributed by atoms with Crippen LogP contribution in [0.15, 0.2) is 24.4 Å². The van der Waals surface area contributed by atoms with Crippen LogP contribution in [0.25, 0.3) is 0 Å². The lowest BCUT2D eigenvalue weighted by Gasteiger charge is -2.11. The summed E-state index contributed by atoms with van der Waals surface area (Å²) in [5.41, 5.74) is 1.25. The van der Waals surface area contributed by atoms with Crippen LogP contribution in [-0.4, -0.2) is 17.6 Å². The van der Waals surface area contributed by atoms with Crippen molar-refractivity contribution >= 4 is 0 Å². The summed E-state index contributed by atoms with van der Waals surface area (Å²) in [5, 5.41) is 2.50. The van der Waals surface area contributed by atoms with Crippen LogP contribution in [0, 0.1) is 0 Å². The van der Waals surface area contributed by atoms with Crippen LogP contribution in [0.3, 0.4) is 0 Å². The molecule has 2 heterocycles. The van der Waals surface area contributed by atoms with Gasteiger partial charge in [0.15, 0.2) is 0 Å². The minimum Gasteiger partial charge on any atom is -0.343 e. The average molecular weight is 191 g/mol. The van der Waals surface area contributed by atoms with Gasteiger partial charge in [-0.1, -0.05) is 6.07 Å². The van der Waals surface area contributed by atoms with Gasteiger partial charge in [-0.15, -0.1) is 0 Å². The molecule has 0 spiro atoms. The fourth-order valence-corrected chi connectivity index (χ4v) is 2.17. The molecule has 14 heavy (non-hydrogen) atoms. The Morgan fingerprint density at radius 2 is 2.29 bits per heavy atom. The third-order valence-electron chi connectivity index (χ3n) is 2.98. The van der Waals surface area contributed by atoms with Gasteiger partial charge in [0.25, 0.3) is 0 Å². The number of hydrogen-bond acceptors (Lipinski definition) is 1. The Morgan fingerprint density at radius 1 is 1.29 bits per heavy atom. The van der Waals surface area contributed by atoms with E-state index in [4.69, 9.17) is 0 Å². The minimum atomic E-state index is 0.771. The van der Waals surface area contributed by atoms with E-state index in [1.807, 2.05) is 12.3 Å². The predicted octanol–water partition coefficient (Wildman–Crippen LogP) is 1.13. The highest BCUT2D eigenvalue weighted by molar-refractivity contribution is 5.04. The van der Waals surface area contributed by atoms with Crippen molar-refractivity contribution in [1.29, 1.82) is 0 Å². The smallest absolute Gasteiger partial charge is 0.0915 e. The van der Waals surface area contributed by atoms with Crippen LogP contribution in [0.2, 0.25) is 0 Å². The van der Waals surface area contributed by atoms with E-state index in [2.05, 4.69) is 22.4 Å². The van der Waals surface area contributed by atoms with Crippen LogP contribution in [-0.2, 0) is 6.42 Å². The molecule has 1 fully saturated rings. The van der Waals surface area contributed by atoms with Crippen LogP contribution in [0.1, 0.15) is 31.4 Å². The van der Waals surface area contributed by atoms with Gasteiger partial charge in [-0.2, -0.15) is 0 Å². The Balaban J connectivity index is 1.90. The van der Waals surface area contributed by atoms with Crippen molar-refractivity contribution in [1.82, 2.24) is 4.98 Å². The normalized spacial score (nSPS) is 23.0. The third kappa shape index (κ3) is 2.81. The average Bonchev–Trinajstić information content (AvgIpc) is 2.48. The second-order valence-corrected chi connectivity index (χ2v) is 4.16. The van der Waals surface area contributed by atoms with E-state index in [1.54, 1.807) is 0 Å². The maximum atomic E-state index is 4.38. The first-order valence-electron chi connectivity index (χ1n) is 5.68. The van der Waals surface area contributed by atoms with Crippen LogP contribution in [0.5, 0.6) is 0 Å². The Kier molecular flexibility index (Phi) is 3.52. The van der Waals surface area contributed by atoms with Gasteiger partial charge in [0, 0.05) is 18.3 Å². The highest BCUT2D eigenvalue weighted by atomic mass is 14.9. The van der Waals surface area contributed by atoms with E-state index in [9.17, 15) is 0 Å². The van der Waals surface area contributed by atoms with Gasteiger partial charge >= 0.3 is 0 Å². The lowest BCUT2D eigenvalue weighted by Crippen LogP contribution is -2.90. The highest BCUT2D eigenvalue weighted by Gasteiger charge is 2.15. The molecule has 0 aromatic carbocycles. The van der Waals surface area contributed by atoms with Gasteiger partial charge < -0.3 is 5.32 Å². The zero-order chi connectivity index (χ0) is 9.64. The third-order valence-corrected chi connectivity index (χ3v) is 2.98. The zero-order valence-electron chi connectivity index (χ0n) is 8.65. The maximum absolute atomic E-state index is 4.38. The molecule has 0 radical (unpaired) electrons. The largest absolute Gasteiger partial charge is 0.343 e. The standard InChI is InChI=1S/C12H18N2/c1-2-6-11(13-8-4-1)10-12-7-3-5-9-14-12/h3,5,7,9,11,13H,1-2,4,6,8,10H2/p+1/t11-/m0/s1. The molecule has 1 saturated heterocycles. The van der Waals surface area contributed by atoms with Crippen molar-refractivity contribution < 1.29 is 5.32 Å². The summed E-state index contributed by atoms with van der Waals surface area (Å²) in [6.07, 6.45) is 8.59. The Hall–Kier alpha value is -0.890. The Morgan fingerprint density at radius 3 is 3.14 bits per heavy atom. The van der Waals surface area contributed by atoms with Crippen LogP contribution >= 0.6 is 0 Å². The van der Waals surface area contributed by atoms with Crippen LogP contribution in [0.4, 0.5) is 0 Å². The molecule has 2 N–H and O–H groups in total. The van der Waals surface area contributed by atoms with Gasteiger partial charge in [0.2, 0.25) is 0 Å². The number of rotatable bonds is 2. The zero-order valence-corrected chi connectivity index (χ0v) is 8.65. The Labute approximate surface area is 85.7 Å². The first-order valence-corrected chi connectivity index (χ1v) is 5.68. The lowest BCUT2D eigenvalue weighted by molar-refractivity contribution is -0.687. The lowest BCUT2D eigenvalue weighted by atomic mass is 10.1. The summed E-state index contributed by atoms with van der Waals surface area (Å²) in [5.74, 6) is 0. The fraction of sp³-hybridized carbons (Fsp3) is 0.583. The minimum absolute atomic E-state index is 0.771. The summed E-state index contributed by atoms with van der Waals surface area (Å²) in [6.45, 7) is 1.30. The van der Waals surface area contributed by atoms with Crippen molar-refractivity contribution in [2.24, 2.45) is 0 Å². The highest BCUT2D eigenvalue weighted by Crippen LogP contribution is 2.07. The summed E-state index contributed by atoms with van der Waals surface area (Å²) in [6, 6.07) is 6.98. The molecule has 0 unspecified atom stereocenters. The van der Waals surface area contributed by atoms with E-state index in [-0.39, 0.29) is 0 Å². The molecular formula is C12H19N2+. The quantitative estimate of drug-likeness (QED) is 0.746. The van der Waals surface area contributed by atoms with Crippen molar-refractivity contribution in [3.05, 3.63) is 30.1 Å². The number of nitrogens with zero attached hydrogens (tertiary/aromatic N) is 1. The molecule has 1 aromatic rings. The van der Waals surface area contributed by atoms with Crippen molar-refractivity contribution in [2.45, 2.75) is 38.1 Å². The monoisotopic (exact) mass is 191 g/mol. The molecule has 0 aliphatic carbocycles. The molecule has 2 rings (SSSR count). The van der Waals surface area contributed by atoms with E-state index in [0.29, 0.717) is 0 Å². The number of quaternary nitrogens is 1. The van der Waals surface area contributed by atoms with E-state index >= 15 is 0 Å². The number of hydrogen-bond donors (Lipinski definition) is 1. The summed E-state index contributed by atoms with van der Waals surface area (Å²) in [7, 11) is 0. The van der Waals surface area contributed by atoms with E-state index < -0.39 is 0 Å². The molecule has 2 nitrogen and oxygen atoms in total. The molecule has 1 aliphatic heterocycles. The molecule has 0 saturated carbocycles. The molecule has 0 amide bonds. The van der Waals surface area contributed by atoms with Crippen molar-refractivity contribution in [3.63, 3.8) is 0 Å². The van der Waals surface area contributed by atoms with Crippen LogP contribution < -0.4 is 5.32 Å². The molecule has 0 bridgehead atoms. The second-order valence-electron chi connectivity index (χ2n) is 4.16. The van der Waals surface area contributed by atoms with Crippen molar-refractivity contribution in [3.8, 4) is 0 Å². The number of aromatic nitrogens is 1. The SMILES string of the molecule is c1ccc(C[C@@H]2CCCCC[NH2+]2)nc1. The predicted molar refractivity (Wildman–Crippen MR) is 57.0 cm³/mol. The summed E-state index contributed by atoms with van der Waals surface area (Å²) in [4.78, 5) is 4.38. The molecule has 76 valence electrons. The van der Waals surface area contributed by atoms with Gasteiger partial charge in [-0.25, -0.2) is 0 Å². The van der Waals surface area contributed by atoms with Gasteiger partial charge in [-0.05, 0) is 37.8 Å². The first-order chi connectivity index (χ1) is 6.95. The van der Waals surface area contributed by atoms with E-state index in [0.717, 1.165) is 12.5 Å². The van der Waals surface area contributed by atoms with Gasteiger partial charge in [0.1, 0.15) is 0 Å². The number of pyridine rings is 1. The van der Waals surface area contributed by atoms with Gasteiger partial charge in [0.05, 0.1) is 12.6 Å². The summed E-state index contributed by atoms with van der Waals surface area (Å²) < 4.78 is 0. The number of nitrogens with two attached hydrogens (primary N) is 1. The second kappa shape index (κ2) is 5.11. The first kappa shape index (κ1) is 9.66.